The molecule has 0 spiro atoms. The summed E-state index contributed by atoms with van der Waals surface area (Å²) in [6.07, 6.45) is 3.33. The molecule has 0 saturated heterocycles. The monoisotopic (exact) mass is 241 g/mol. The van der Waals surface area contributed by atoms with Gasteiger partial charge < -0.3 is 10.1 Å². The molecule has 98 valence electrons. The zero-order valence-electron chi connectivity index (χ0n) is 11.3. The van der Waals surface area contributed by atoms with Gasteiger partial charge in [-0.25, -0.2) is 4.79 Å². The van der Waals surface area contributed by atoms with Crippen molar-refractivity contribution in [3.8, 4) is 0 Å². The molecule has 1 amide bonds. The maximum atomic E-state index is 12.0. The van der Waals surface area contributed by atoms with E-state index in [9.17, 15) is 9.59 Å². The van der Waals surface area contributed by atoms with Gasteiger partial charge in [0, 0.05) is 6.42 Å². The first-order chi connectivity index (χ1) is 7.79. The van der Waals surface area contributed by atoms with Crippen molar-refractivity contribution < 1.29 is 14.3 Å². The molecule has 1 saturated carbocycles. The second-order valence-corrected chi connectivity index (χ2v) is 5.74. The number of carbonyl (C=O) groups is 2. The number of rotatable bonds is 4. The van der Waals surface area contributed by atoms with Crippen LogP contribution in [-0.2, 0) is 9.53 Å². The maximum absolute atomic E-state index is 12.0. The molecule has 4 heteroatoms. The SMILES string of the molecule is CCCC(=O)C1(NC(=O)OC(C)(C)C)CCC1. The topological polar surface area (TPSA) is 55.4 Å². The number of amides is 1. The van der Waals surface area contributed by atoms with Crippen LogP contribution in [0.5, 0.6) is 0 Å². The van der Waals surface area contributed by atoms with E-state index < -0.39 is 17.2 Å². The fourth-order valence-electron chi connectivity index (χ4n) is 1.97. The third-order valence-electron chi connectivity index (χ3n) is 2.96. The summed E-state index contributed by atoms with van der Waals surface area (Å²) in [6, 6.07) is 0. The molecule has 1 aliphatic rings. The van der Waals surface area contributed by atoms with Crippen molar-refractivity contribution in [2.24, 2.45) is 0 Å². The Hall–Kier alpha value is -1.06. The second-order valence-electron chi connectivity index (χ2n) is 5.74. The number of hydrogen-bond donors (Lipinski definition) is 1. The van der Waals surface area contributed by atoms with Gasteiger partial charge in [0.2, 0.25) is 0 Å². The van der Waals surface area contributed by atoms with Crippen LogP contribution in [0.4, 0.5) is 4.79 Å². The van der Waals surface area contributed by atoms with Gasteiger partial charge in [-0.3, -0.25) is 4.79 Å². The van der Waals surface area contributed by atoms with Crippen molar-refractivity contribution in [1.29, 1.82) is 0 Å². The summed E-state index contributed by atoms with van der Waals surface area (Å²) in [4.78, 5) is 23.7. The van der Waals surface area contributed by atoms with E-state index in [1.54, 1.807) is 0 Å². The molecular weight excluding hydrogens is 218 g/mol. The van der Waals surface area contributed by atoms with Gasteiger partial charge in [0.1, 0.15) is 11.1 Å². The molecule has 0 unspecified atom stereocenters. The number of Topliss-reactive ketones (excluding diaryl/α,β-unsaturated/α-hetero) is 1. The van der Waals surface area contributed by atoms with Crippen molar-refractivity contribution in [2.45, 2.75) is 70.9 Å². The normalized spacial score (nSPS) is 18.1. The molecule has 0 aromatic carbocycles. The highest BCUT2D eigenvalue weighted by atomic mass is 16.6. The maximum Gasteiger partial charge on any atom is 0.408 e. The van der Waals surface area contributed by atoms with Gasteiger partial charge in [0.05, 0.1) is 0 Å². The summed E-state index contributed by atoms with van der Waals surface area (Å²) in [5, 5.41) is 2.76. The van der Waals surface area contributed by atoms with Crippen molar-refractivity contribution >= 4 is 11.9 Å². The van der Waals surface area contributed by atoms with Crippen molar-refractivity contribution in [3.05, 3.63) is 0 Å². The van der Waals surface area contributed by atoms with Gasteiger partial charge in [-0.2, -0.15) is 0 Å². The lowest BCUT2D eigenvalue weighted by Gasteiger charge is -2.41. The Kier molecular flexibility index (Phi) is 4.17. The van der Waals surface area contributed by atoms with E-state index in [2.05, 4.69) is 5.32 Å². The van der Waals surface area contributed by atoms with Crippen LogP contribution in [0.2, 0.25) is 0 Å². The first-order valence-electron chi connectivity index (χ1n) is 6.33. The predicted molar refractivity (Wildman–Crippen MR) is 65.9 cm³/mol. The molecule has 0 aromatic rings. The molecule has 1 N–H and O–H groups in total. The quantitative estimate of drug-likeness (QED) is 0.823. The third-order valence-corrected chi connectivity index (χ3v) is 2.96. The lowest BCUT2D eigenvalue weighted by molar-refractivity contribution is -0.128. The van der Waals surface area contributed by atoms with Crippen LogP contribution in [-0.4, -0.2) is 23.0 Å². The molecule has 0 heterocycles. The number of hydrogen-bond acceptors (Lipinski definition) is 3. The molecule has 0 aromatic heterocycles. The Morgan fingerprint density at radius 1 is 1.29 bits per heavy atom. The van der Waals surface area contributed by atoms with Crippen LogP contribution in [0.3, 0.4) is 0 Å². The van der Waals surface area contributed by atoms with E-state index in [-0.39, 0.29) is 5.78 Å². The van der Waals surface area contributed by atoms with Crippen LogP contribution in [0.15, 0.2) is 0 Å². The van der Waals surface area contributed by atoms with E-state index in [0.717, 1.165) is 25.7 Å². The summed E-state index contributed by atoms with van der Waals surface area (Å²) >= 11 is 0. The van der Waals surface area contributed by atoms with Crippen LogP contribution in [0.1, 0.15) is 59.8 Å². The Morgan fingerprint density at radius 2 is 1.88 bits per heavy atom. The number of ether oxygens (including phenoxy) is 1. The number of nitrogens with one attached hydrogen (secondary N) is 1. The summed E-state index contributed by atoms with van der Waals surface area (Å²) in [5.41, 5.74) is -1.17. The summed E-state index contributed by atoms with van der Waals surface area (Å²) < 4.78 is 5.20. The molecule has 4 nitrogen and oxygen atoms in total. The van der Waals surface area contributed by atoms with Gasteiger partial charge in [0.15, 0.2) is 5.78 Å². The molecule has 0 aliphatic heterocycles. The molecular formula is C13H23NO3. The van der Waals surface area contributed by atoms with Crippen LogP contribution < -0.4 is 5.32 Å². The van der Waals surface area contributed by atoms with Gasteiger partial charge in [0.25, 0.3) is 0 Å². The summed E-state index contributed by atoms with van der Waals surface area (Å²) in [7, 11) is 0. The minimum Gasteiger partial charge on any atom is -0.444 e. The van der Waals surface area contributed by atoms with Crippen molar-refractivity contribution in [2.75, 3.05) is 0 Å². The second kappa shape index (κ2) is 5.07. The smallest absolute Gasteiger partial charge is 0.408 e. The standard InChI is InChI=1S/C13H23NO3/c1-5-7-10(15)13(8-6-9-13)14-11(16)17-12(2,3)4/h5-9H2,1-4H3,(H,14,16). The molecule has 0 bridgehead atoms. The fraction of sp³-hybridized carbons (Fsp3) is 0.846. The molecule has 0 radical (unpaired) electrons. The predicted octanol–water partition coefficient (Wildman–Crippen LogP) is 2.80. The average Bonchev–Trinajstić information content (AvgIpc) is 2.08. The lowest BCUT2D eigenvalue weighted by atomic mass is 9.72. The number of alkyl carbamates (subject to hydrolysis) is 1. The minimum atomic E-state index is -0.641. The van der Waals surface area contributed by atoms with Crippen LogP contribution in [0, 0.1) is 0 Å². The van der Waals surface area contributed by atoms with Crippen molar-refractivity contribution in [1.82, 2.24) is 5.32 Å². The number of ketones is 1. The van der Waals surface area contributed by atoms with E-state index in [1.807, 2.05) is 27.7 Å². The first-order valence-corrected chi connectivity index (χ1v) is 6.33. The summed E-state index contributed by atoms with van der Waals surface area (Å²) in [5.74, 6) is 0.136. The Balaban J connectivity index is 2.58. The Morgan fingerprint density at radius 3 is 2.24 bits per heavy atom. The Labute approximate surface area is 103 Å². The minimum absolute atomic E-state index is 0.136. The third kappa shape index (κ3) is 3.72. The largest absolute Gasteiger partial charge is 0.444 e. The Bertz CT molecular complexity index is 300. The van der Waals surface area contributed by atoms with Gasteiger partial charge >= 0.3 is 6.09 Å². The molecule has 0 atom stereocenters. The molecule has 1 aliphatic carbocycles. The lowest BCUT2D eigenvalue weighted by Crippen LogP contribution is -2.59. The van der Waals surface area contributed by atoms with Gasteiger partial charge in [-0.15, -0.1) is 0 Å². The molecule has 17 heavy (non-hydrogen) atoms. The van der Waals surface area contributed by atoms with E-state index in [4.69, 9.17) is 4.74 Å². The fourth-order valence-corrected chi connectivity index (χ4v) is 1.97. The summed E-state index contributed by atoms with van der Waals surface area (Å²) in [6.45, 7) is 7.41. The molecule has 1 fully saturated rings. The van der Waals surface area contributed by atoms with Gasteiger partial charge in [-0.05, 0) is 46.5 Å². The van der Waals surface area contributed by atoms with Gasteiger partial charge in [-0.1, -0.05) is 6.92 Å². The highest BCUT2D eigenvalue weighted by molar-refractivity contribution is 5.92. The number of carbonyl (C=O) groups excluding carboxylic acids is 2. The zero-order chi connectivity index (χ0) is 13.1. The average molecular weight is 241 g/mol. The molecule has 1 rings (SSSR count). The van der Waals surface area contributed by atoms with Crippen LogP contribution in [0.25, 0.3) is 0 Å². The zero-order valence-corrected chi connectivity index (χ0v) is 11.3. The van der Waals surface area contributed by atoms with E-state index in [0.29, 0.717) is 6.42 Å². The first kappa shape index (κ1) is 14.0. The van der Waals surface area contributed by atoms with Crippen molar-refractivity contribution in [3.63, 3.8) is 0 Å². The highest BCUT2D eigenvalue weighted by Crippen LogP contribution is 2.34. The highest BCUT2D eigenvalue weighted by Gasteiger charge is 2.45. The van der Waals surface area contributed by atoms with E-state index >= 15 is 0 Å². The van der Waals surface area contributed by atoms with Crippen LogP contribution >= 0.6 is 0 Å². The van der Waals surface area contributed by atoms with E-state index in [1.165, 1.54) is 0 Å².